The van der Waals surface area contributed by atoms with Crippen LogP contribution in [0, 0.1) is 11.8 Å². The summed E-state index contributed by atoms with van der Waals surface area (Å²) < 4.78 is 5.78. The fraction of sp³-hybridized carbons (Fsp3) is 0.769. The molecule has 2 nitrogen and oxygen atoms in total. The summed E-state index contributed by atoms with van der Waals surface area (Å²) in [6.07, 6.45) is 11.4. The van der Waals surface area contributed by atoms with Crippen molar-refractivity contribution < 1.29 is 9.53 Å². The molecule has 1 aliphatic heterocycles. The smallest absolute Gasteiger partial charge is 0.162 e. The zero-order valence-electron chi connectivity index (χ0n) is 9.08. The third kappa shape index (κ3) is 1.82. The molecule has 0 aromatic rings. The van der Waals surface area contributed by atoms with E-state index in [2.05, 4.69) is 0 Å². The molecule has 1 spiro atoms. The van der Waals surface area contributed by atoms with E-state index >= 15 is 0 Å². The van der Waals surface area contributed by atoms with Crippen molar-refractivity contribution in [2.75, 3.05) is 0 Å². The van der Waals surface area contributed by atoms with Crippen molar-refractivity contribution in [1.29, 1.82) is 0 Å². The standard InChI is InChI=1S/C13H18O2/c14-12-5-7-15-13(9-12)6-1-2-11(8-13)10-3-4-10/h5,7,10-11H,1-4,6,8-9H2. The highest BCUT2D eigenvalue weighted by Crippen LogP contribution is 2.49. The normalized spacial score (nSPS) is 40.5. The van der Waals surface area contributed by atoms with Gasteiger partial charge in [-0.3, -0.25) is 4.79 Å². The predicted molar refractivity (Wildman–Crippen MR) is 57.3 cm³/mol. The highest BCUT2D eigenvalue weighted by molar-refractivity contribution is 5.90. The number of hydrogen-bond donors (Lipinski definition) is 0. The van der Waals surface area contributed by atoms with Gasteiger partial charge in [0.15, 0.2) is 5.78 Å². The molecule has 3 rings (SSSR count). The third-order valence-electron chi connectivity index (χ3n) is 4.20. The van der Waals surface area contributed by atoms with Crippen LogP contribution in [0.1, 0.15) is 44.9 Å². The summed E-state index contributed by atoms with van der Waals surface area (Å²) in [5.74, 6) is 2.03. The molecule has 82 valence electrons. The van der Waals surface area contributed by atoms with Crippen LogP contribution in [-0.4, -0.2) is 11.4 Å². The van der Waals surface area contributed by atoms with E-state index in [0.717, 1.165) is 24.7 Å². The van der Waals surface area contributed by atoms with Crippen LogP contribution in [0.25, 0.3) is 0 Å². The van der Waals surface area contributed by atoms with E-state index < -0.39 is 0 Å². The van der Waals surface area contributed by atoms with Crippen LogP contribution >= 0.6 is 0 Å². The van der Waals surface area contributed by atoms with E-state index in [-0.39, 0.29) is 11.4 Å². The Morgan fingerprint density at radius 2 is 2.13 bits per heavy atom. The first-order chi connectivity index (χ1) is 7.27. The molecule has 1 heterocycles. The molecule has 2 fully saturated rings. The maximum absolute atomic E-state index is 11.5. The SMILES string of the molecule is O=C1C=COC2(CCCC(C3CC3)C2)C1. The largest absolute Gasteiger partial charge is 0.494 e. The molecule has 0 aromatic carbocycles. The van der Waals surface area contributed by atoms with Crippen molar-refractivity contribution in [3.8, 4) is 0 Å². The maximum atomic E-state index is 11.5. The Morgan fingerprint density at radius 3 is 2.87 bits per heavy atom. The Kier molecular flexibility index (Phi) is 2.11. The molecule has 0 bridgehead atoms. The number of ketones is 1. The predicted octanol–water partition coefficient (Wildman–Crippen LogP) is 2.83. The van der Waals surface area contributed by atoms with E-state index in [1.54, 1.807) is 12.3 Å². The Bertz CT molecular complexity index is 304. The van der Waals surface area contributed by atoms with Gasteiger partial charge in [0, 0.05) is 6.08 Å². The van der Waals surface area contributed by atoms with E-state index in [4.69, 9.17) is 4.74 Å². The van der Waals surface area contributed by atoms with Gasteiger partial charge in [-0.15, -0.1) is 0 Å². The van der Waals surface area contributed by atoms with Crippen LogP contribution in [-0.2, 0) is 9.53 Å². The van der Waals surface area contributed by atoms with Gasteiger partial charge in [-0.05, 0) is 50.4 Å². The molecule has 0 radical (unpaired) electrons. The summed E-state index contributed by atoms with van der Waals surface area (Å²) in [5.41, 5.74) is -0.114. The molecular formula is C13H18O2. The second-order valence-corrected chi connectivity index (χ2v) is 5.44. The fourth-order valence-corrected chi connectivity index (χ4v) is 3.28. The molecule has 2 saturated carbocycles. The summed E-state index contributed by atoms with van der Waals surface area (Å²) >= 11 is 0. The minimum Gasteiger partial charge on any atom is -0.494 e. The Morgan fingerprint density at radius 1 is 1.27 bits per heavy atom. The van der Waals surface area contributed by atoms with Crippen LogP contribution in [0.4, 0.5) is 0 Å². The van der Waals surface area contributed by atoms with Crippen LogP contribution in [0.2, 0.25) is 0 Å². The summed E-state index contributed by atoms with van der Waals surface area (Å²) in [7, 11) is 0. The lowest BCUT2D eigenvalue weighted by Gasteiger charge is -2.41. The van der Waals surface area contributed by atoms with E-state index in [0.29, 0.717) is 6.42 Å². The van der Waals surface area contributed by atoms with Gasteiger partial charge in [-0.1, -0.05) is 0 Å². The number of ether oxygens (including phenoxy) is 1. The van der Waals surface area contributed by atoms with Gasteiger partial charge in [-0.25, -0.2) is 0 Å². The molecule has 2 aliphatic carbocycles. The van der Waals surface area contributed by atoms with Gasteiger partial charge < -0.3 is 4.74 Å². The molecule has 0 N–H and O–H groups in total. The van der Waals surface area contributed by atoms with Crippen LogP contribution in [0.15, 0.2) is 12.3 Å². The van der Waals surface area contributed by atoms with Gasteiger partial charge >= 0.3 is 0 Å². The Balaban J connectivity index is 1.73. The molecule has 2 atom stereocenters. The lowest BCUT2D eigenvalue weighted by Crippen LogP contribution is -2.41. The average Bonchev–Trinajstić information content (AvgIpc) is 3.00. The number of hydrogen-bond acceptors (Lipinski definition) is 2. The Labute approximate surface area is 90.7 Å². The molecule has 0 aromatic heterocycles. The van der Waals surface area contributed by atoms with Crippen molar-refractivity contribution in [3.63, 3.8) is 0 Å². The minimum atomic E-state index is -0.114. The minimum absolute atomic E-state index is 0.114. The van der Waals surface area contributed by atoms with Crippen LogP contribution in [0.3, 0.4) is 0 Å². The quantitative estimate of drug-likeness (QED) is 0.659. The highest BCUT2D eigenvalue weighted by Gasteiger charge is 2.44. The van der Waals surface area contributed by atoms with Crippen molar-refractivity contribution >= 4 is 5.78 Å². The van der Waals surface area contributed by atoms with Gasteiger partial charge in [0.25, 0.3) is 0 Å². The Hall–Kier alpha value is -0.790. The monoisotopic (exact) mass is 206 g/mol. The highest BCUT2D eigenvalue weighted by atomic mass is 16.5. The summed E-state index contributed by atoms with van der Waals surface area (Å²) in [4.78, 5) is 11.5. The molecule has 2 unspecified atom stereocenters. The first kappa shape index (κ1) is 9.44. The lowest BCUT2D eigenvalue weighted by atomic mass is 9.73. The molecule has 15 heavy (non-hydrogen) atoms. The first-order valence-corrected chi connectivity index (χ1v) is 6.15. The van der Waals surface area contributed by atoms with E-state index in [9.17, 15) is 4.79 Å². The van der Waals surface area contributed by atoms with Crippen LogP contribution < -0.4 is 0 Å². The second-order valence-electron chi connectivity index (χ2n) is 5.44. The average molecular weight is 206 g/mol. The van der Waals surface area contributed by atoms with Crippen molar-refractivity contribution in [1.82, 2.24) is 0 Å². The topological polar surface area (TPSA) is 26.3 Å². The summed E-state index contributed by atoms with van der Waals surface area (Å²) in [6, 6.07) is 0. The van der Waals surface area contributed by atoms with Gasteiger partial charge in [0.2, 0.25) is 0 Å². The zero-order chi connectivity index (χ0) is 10.3. The maximum Gasteiger partial charge on any atom is 0.162 e. The van der Waals surface area contributed by atoms with Gasteiger partial charge in [0.05, 0.1) is 12.7 Å². The molecule has 2 heteroatoms. The number of rotatable bonds is 1. The first-order valence-electron chi connectivity index (χ1n) is 6.15. The molecule has 0 amide bonds. The molecular weight excluding hydrogens is 188 g/mol. The second kappa shape index (κ2) is 3.36. The zero-order valence-corrected chi connectivity index (χ0v) is 9.08. The molecule has 0 saturated heterocycles. The van der Waals surface area contributed by atoms with Crippen molar-refractivity contribution in [3.05, 3.63) is 12.3 Å². The van der Waals surface area contributed by atoms with Crippen molar-refractivity contribution in [2.45, 2.75) is 50.5 Å². The van der Waals surface area contributed by atoms with Crippen molar-refractivity contribution in [2.24, 2.45) is 11.8 Å². The molecule has 3 aliphatic rings. The van der Waals surface area contributed by atoms with Gasteiger partial charge in [-0.2, -0.15) is 0 Å². The summed E-state index contributed by atoms with van der Waals surface area (Å²) in [5, 5.41) is 0. The van der Waals surface area contributed by atoms with Crippen LogP contribution in [0.5, 0.6) is 0 Å². The third-order valence-corrected chi connectivity index (χ3v) is 4.20. The number of allylic oxidation sites excluding steroid dienone is 1. The van der Waals surface area contributed by atoms with Gasteiger partial charge in [0.1, 0.15) is 5.60 Å². The lowest BCUT2D eigenvalue weighted by molar-refractivity contribution is -0.125. The van der Waals surface area contributed by atoms with E-state index in [1.165, 1.54) is 25.7 Å². The number of carbonyl (C=O) groups is 1. The summed E-state index contributed by atoms with van der Waals surface area (Å²) in [6.45, 7) is 0. The van der Waals surface area contributed by atoms with E-state index in [1.807, 2.05) is 0 Å². The fourth-order valence-electron chi connectivity index (χ4n) is 3.28. The number of carbonyl (C=O) groups excluding carboxylic acids is 1.